The summed E-state index contributed by atoms with van der Waals surface area (Å²) in [5.74, 6) is 0.829. The summed E-state index contributed by atoms with van der Waals surface area (Å²) in [6.45, 7) is 8.28. The maximum absolute atomic E-state index is 13.6. The van der Waals surface area contributed by atoms with Crippen LogP contribution in [0.15, 0.2) is 53.5 Å². The second-order valence-electron chi connectivity index (χ2n) is 10.4. The topological polar surface area (TPSA) is 105 Å². The summed E-state index contributed by atoms with van der Waals surface area (Å²) in [6.07, 6.45) is 1.69. The fraction of sp³-hybridized carbons (Fsp3) is 0.367. The number of fused-ring (bicyclic) bond motifs is 1. The minimum Gasteiger partial charge on any atom is -0.495 e. The smallest absolute Gasteiger partial charge is 0.252 e. The van der Waals surface area contributed by atoms with Crippen molar-refractivity contribution in [2.75, 3.05) is 32.2 Å². The van der Waals surface area contributed by atoms with Crippen molar-refractivity contribution in [3.8, 4) is 28.4 Å². The van der Waals surface area contributed by atoms with Crippen molar-refractivity contribution in [3.05, 3.63) is 69.6 Å². The maximum atomic E-state index is 13.6. The van der Waals surface area contributed by atoms with Gasteiger partial charge in [-0.1, -0.05) is 11.6 Å². The predicted molar refractivity (Wildman–Crippen MR) is 153 cm³/mol. The fourth-order valence-electron chi connectivity index (χ4n) is 4.41. The molecule has 1 unspecified atom stereocenters. The lowest BCUT2D eigenvalue weighted by Crippen LogP contribution is -2.34. The van der Waals surface area contributed by atoms with Crippen molar-refractivity contribution < 1.29 is 28.5 Å². The summed E-state index contributed by atoms with van der Waals surface area (Å²) in [5.41, 5.74) is 0.870. The Morgan fingerprint density at radius 3 is 2.45 bits per heavy atom. The average molecular weight is 569 g/mol. The molecule has 0 saturated heterocycles. The van der Waals surface area contributed by atoms with Gasteiger partial charge in [-0.15, -0.1) is 0 Å². The molecule has 3 aromatic rings. The maximum Gasteiger partial charge on any atom is 0.252 e. The third-order valence-electron chi connectivity index (χ3n) is 6.29. The number of rotatable bonds is 9. The number of hydrogen-bond acceptors (Lipinski definition) is 7. The molecule has 212 valence electrons. The molecule has 2 aromatic carbocycles. The number of benzene rings is 2. The quantitative estimate of drug-likeness (QED) is 0.338. The lowest BCUT2D eigenvalue weighted by atomic mass is 9.97. The standard InChI is InChI=1S/C30H33ClN2O7/c1-18(34)21-8-6-19(31)14-22(21)23-16-28(35)33(17-27(23)37-5)24(10-11-40-30(2,3)4)29(36)32-20-7-9-25-26(15-20)39-13-12-38-25/h6-9,14-17,24H,10-13H2,1-5H3,(H,32,36). The summed E-state index contributed by atoms with van der Waals surface area (Å²) in [6, 6.07) is 10.4. The zero-order valence-corrected chi connectivity index (χ0v) is 24.0. The molecule has 0 bridgehead atoms. The van der Waals surface area contributed by atoms with E-state index in [2.05, 4.69) is 5.32 Å². The number of anilines is 1. The number of halogens is 1. The van der Waals surface area contributed by atoms with E-state index < -0.39 is 23.1 Å². The van der Waals surface area contributed by atoms with Crippen molar-refractivity contribution in [1.82, 2.24) is 4.57 Å². The third kappa shape index (κ3) is 6.84. The summed E-state index contributed by atoms with van der Waals surface area (Å²) >= 11 is 6.23. The number of ether oxygens (including phenoxy) is 4. The molecule has 9 nitrogen and oxygen atoms in total. The highest BCUT2D eigenvalue weighted by Gasteiger charge is 2.26. The van der Waals surface area contributed by atoms with Crippen LogP contribution in [-0.2, 0) is 9.53 Å². The first-order chi connectivity index (χ1) is 19.0. The van der Waals surface area contributed by atoms with Crippen molar-refractivity contribution in [2.45, 2.75) is 45.8 Å². The zero-order chi connectivity index (χ0) is 29.0. The van der Waals surface area contributed by atoms with Gasteiger partial charge in [0.2, 0.25) is 5.91 Å². The largest absolute Gasteiger partial charge is 0.495 e. The van der Waals surface area contributed by atoms with Gasteiger partial charge in [0.05, 0.1) is 18.9 Å². The number of methoxy groups -OCH3 is 1. The highest BCUT2D eigenvalue weighted by atomic mass is 35.5. The Hall–Kier alpha value is -3.82. The van der Waals surface area contributed by atoms with Crippen LogP contribution in [-0.4, -0.2) is 48.8 Å². The number of aromatic nitrogens is 1. The Balaban J connectivity index is 1.73. The summed E-state index contributed by atoms with van der Waals surface area (Å²) in [4.78, 5) is 39.5. The zero-order valence-electron chi connectivity index (χ0n) is 23.2. The number of pyridine rings is 1. The molecule has 1 atom stereocenters. The second-order valence-corrected chi connectivity index (χ2v) is 10.8. The minimum absolute atomic E-state index is 0.186. The Morgan fingerprint density at radius 1 is 1.05 bits per heavy atom. The van der Waals surface area contributed by atoms with E-state index in [0.29, 0.717) is 57.9 Å². The predicted octanol–water partition coefficient (Wildman–Crippen LogP) is 5.54. The second kappa shape index (κ2) is 12.1. The average Bonchev–Trinajstić information content (AvgIpc) is 2.90. The van der Waals surface area contributed by atoms with Gasteiger partial charge in [-0.25, -0.2) is 0 Å². The van der Waals surface area contributed by atoms with Crippen LogP contribution in [0.3, 0.4) is 0 Å². The molecule has 0 radical (unpaired) electrons. The number of carbonyl (C=O) groups excluding carboxylic acids is 2. The van der Waals surface area contributed by atoms with Gasteiger partial charge in [0.25, 0.3) is 5.56 Å². The van der Waals surface area contributed by atoms with Crippen molar-refractivity contribution in [3.63, 3.8) is 0 Å². The molecular weight excluding hydrogens is 536 g/mol. The Kier molecular flexibility index (Phi) is 8.85. The molecule has 0 saturated carbocycles. The van der Waals surface area contributed by atoms with Crippen LogP contribution in [0.25, 0.3) is 11.1 Å². The molecule has 4 rings (SSSR count). The number of nitrogens with one attached hydrogen (secondary N) is 1. The van der Waals surface area contributed by atoms with Gasteiger partial charge in [0, 0.05) is 47.0 Å². The van der Waals surface area contributed by atoms with E-state index in [-0.39, 0.29) is 18.8 Å². The molecule has 2 heterocycles. The van der Waals surface area contributed by atoms with E-state index in [1.807, 2.05) is 20.8 Å². The number of Topliss-reactive ketones (excluding diaryl/α,β-unsaturated/α-hetero) is 1. The Labute approximate surface area is 238 Å². The molecular formula is C30H33ClN2O7. The van der Waals surface area contributed by atoms with Crippen LogP contribution >= 0.6 is 11.6 Å². The van der Waals surface area contributed by atoms with E-state index in [1.165, 1.54) is 30.9 Å². The number of ketones is 1. The number of nitrogens with zero attached hydrogens (tertiary/aromatic N) is 1. The van der Waals surface area contributed by atoms with Crippen molar-refractivity contribution in [2.24, 2.45) is 0 Å². The number of amides is 1. The third-order valence-corrected chi connectivity index (χ3v) is 6.52. The van der Waals surface area contributed by atoms with Gasteiger partial charge >= 0.3 is 0 Å². The monoisotopic (exact) mass is 568 g/mol. The first kappa shape index (κ1) is 29.2. The highest BCUT2D eigenvalue weighted by molar-refractivity contribution is 6.31. The number of hydrogen-bond donors (Lipinski definition) is 1. The molecule has 1 aliphatic rings. The van der Waals surface area contributed by atoms with E-state index in [0.717, 1.165) is 0 Å². The molecule has 1 N–H and O–H groups in total. The van der Waals surface area contributed by atoms with Crippen molar-refractivity contribution in [1.29, 1.82) is 0 Å². The summed E-state index contributed by atoms with van der Waals surface area (Å²) in [5, 5.41) is 3.29. The first-order valence-corrected chi connectivity index (χ1v) is 13.3. The van der Waals surface area contributed by atoms with Crippen LogP contribution in [0.4, 0.5) is 5.69 Å². The van der Waals surface area contributed by atoms with Gasteiger partial charge in [0.1, 0.15) is 25.0 Å². The minimum atomic E-state index is -0.933. The van der Waals surface area contributed by atoms with E-state index in [1.54, 1.807) is 36.4 Å². The van der Waals surface area contributed by atoms with Gasteiger partial charge < -0.3 is 24.3 Å². The summed E-state index contributed by atoms with van der Waals surface area (Å²) in [7, 11) is 1.46. The van der Waals surface area contributed by atoms with Crippen LogP contribution in [0.2, 0.25) is 5.02 Å². The van der Waals surface area contributed by atoms with Gasteiger partial charge in [-0.2, -0.15) is 0 Å². The summed E-state index contributed by atoms with van der Waals surface area (Å²) < 4.78 is 24.0. The molecule has 0 aliphatic carbocycles. The van der Waals surface area contributed by atoms with Crippen LogP contribution in [0.5, 0.6) is 17.2 Å². The first-order valence-electron chi connectivity index (χ1n) is 12.9. The molecule has 1 amide bonds. The molecule has 0 spiro atoms. The van der Waals surface area contributed by atoms with E-state index in [9.17, 15) is 14.4 Å². The normalized spacial score (nSPS) is 13.4. The fourth-order valence-corrected chi connectivity index (χ4v) is 4.58. The van der Waals surface area contributed by atoms with Crippen molar-refractivity contribution >= 4 is 29.0 Å². The molecule has 1 aliphatic heterocycles. The van der Waals surface area contributed by atoms with Gasteiger partial charge in [-0.05, 0) is 63.6 Å². The van der Waals surface area contributed by atoms with Crippen LogP contribution in [0.1, 0.15) is 50.5 Å². The van der Waals surface area contributed by atoms with Gasteiger partial charge in [-0.3, -0.25) is 19.0 Å². The molecule has 0 fully saturated rings. The Morgan fingerprint density at radius 2 is 1.77 bits per heavy atom. The van der Waals surface area contributed by atoms with E-state index >= 15 is 0 Å². The SMILES string of the molecule is COc1cn(C(CCOC(C)(C)C)C(=O)Nc2ccc3c(c2)OCCO3)c(=O)cc1-c1cc(Cl)ccc1C(C)=O. The molecule has 1 aromatic heterocycles. The lowest BCUT2D eigenvalue weighted by molar-refractivity contribution is -0.120. The lowest BCUT2D eigenvalue weighted by Gasteiger charge is -2.25. The molecule has 10 heteroatoms. The number of carbonyl (C=O) groups is 2. The van der Waals surface area contributed by atoms with E-state index in [4.69, 9.17) is 30.5 Å². The highest BCUT2D eigenvalue weighted by Crippen LogP contribution is 2.35. The van der Waals surface area contributed by atoms with Crippen LogP contribution < -0.4 is 25.1 Å². The molecule has 40 heavy (non-hydrogen) atoms. The van der Waals surface area contributed by atoms with Gasteiger partial charge in [0.15, 0.2) is 17.3 Å². The Bertz CT molecular complexity index is 1480. The van der Waals surface area contributed by atoms with Crippen LogP contribution in [0, 0.1) is 0 Å².